The van der Waals surface area contributed by atoms with E-state index in [0.29, 0.717) is 24.5 Å². The summed E-state index contributed by atoms with van der Waals surface area (Å²) in [4.78, 5) is 0.372. The molecule has 0 radical (unpaired) electrons. The molecule has 0 amide bonds. The van der Waals surface area contributed by atoms with E-state index in [-0.39, 0.29) is 10.8 Å². The van der Waals surface area contributed by atoms with Crippen LogP contribution in [0.15, 0.2) is 29.2 Å². The largest absolute Gasteiger partial charge is 0.330 e. The molecule has 1 aliphatic rings. The first kappa shape index (κ1) is 16.5. The molecule has 1 atom stereocenters. The van der Waals surface area contributed by atoms with Gasteiger partial charge in [0.05, 0.1) is 4.90 Å². The summed E-state index contributed by atoms with van der Waals surface area (Å²) < 4.78 is 26.9. The molecule has 1 saturated heterocycles. The molecule has 1 aromatic carbocycles. The lowest BCUT2D eigenvalue weighted by atomic mass is 9.87. The lowest BCUT2D eigenvalue weighted by Gasteiger charge is -2.23. The fourth-order valence-electron chi connectivity index (χ4n) is 2.63. The highest BCUT2D eigenvalue weighted by molar-refractivity contribution is 7.89. The molecule has 2 rings (SSSR count). The van der Waals surface area contributed by atoms with Crippen molar-refractivity contribution >= 4 is 10.0 Å². The Bertz CT molecular complexity index is 602. The van der Waals surface area contributed by atoms with E-state index < -0.39 is 10.0 Å². The topological polar surface area (TPSA) is 63.4 Å². The summed E-state index contributed by atoms with van der Waals surface area (Å²) in [7, 11) is -3.40. The van der Waals surface area contributed by atoms with Crippen LogP contribution in [-0.4, -0.2) is 32.4 Å². The quantitative estimate of drug-likeness (QED) is 0.932. The third-order valence-electron chi connectivity index (χ3n) is 4.37. The molecule has 1 aliphatic heterocycles. The fraction of sp³-hybridized carbons (Fsp3) is 0.625. The van der Waals surface area contributed by atoms with Gasteiger partial charge in [0.25, 0.3) is 0 Å². The first-order chi connectivity index (χ1) is 9.58. The highest BCUT2D eigenvalue weighted by Gasteiger charge is 2.38. The molecule has 0 aliphatic carbocycles. The third kappa shape index (κ3) is 3.30. The van der Waals surface area contributed by atoms with E-state index in [4.69, 9.17) is 5.73 Å². The normalized spacial score (nSPS) is 24.4. The maximum absolute atomic E-state index is 12.7. The van der Waals surface area contributed by atoms with E-state index in [9.17, 15) is 8.42 Å². The van der Waals surface area contributed by atoms with Crippen LogP contribution in [0.4, 0.5) is 0 Å². The highest BCUT2D eigenvalue weighted by Crippen LogP contribution is 2.33. The average Bonchev–Trinajstić information content (AvgIpc) is 2.82. The number of nitrogens with two attached hydrogens (primary N) is 1. The molecule has 21 heavy (non-hydrogen) atoms. The maximum Gasteiger partial charge on any atom is 0.243 e. The number of hydrogen-bond acceptors (Lipinski definition) is 3. The molecule has 0 bridgehead atoms. The van der Waals surface area contributed by atoms with Crippen molar-refractivity contribution in [1.82, 2.24) is 4.31 Å². The van der Waals surface area contributed by atoms with Crippen molar-refractivity contribution < 1.29 is 8.42 Å². The van der Waals surface area contributed by atoms with Gasteiger partial charge < -0.3 is 5.73 Å². The first-order valence-corrected chi connectivity index (χ1v) is 8.83. The molecule has 5 heteroatoms. The second kappa shape index (κ2) is 5.38. The van der Waals surface area contributed by atoms with E-state index >= 15 is 0 Å². The fourth-order valence-corrected chi connectivity index (χ4v) is 4.22. The molecule has 4 nitrogen and oxygen atoms in total. The minimum atomic E-state index is -3.40. The molecule has 0 aromatic heterocycles. The molecule has 0 spiro atoms. The van der Waals surface area contributed by atoms with Crippen molar-refractivity contribution in [3.8, 4) is 0 Å². The van der Waals surface area contributed by atoms with E-state index in [0.717, 1.165) is 12.0 Å². The second-order valence-electron chi connectivity index (χ2n) is 7.38. The van der Waals surface area contributed by atoms with E-state index in [1.807, 2.05) is 19.1 Å². The number of nitrogens with zero attached hydrogens (tertiary/aromatic N) is 1. The van der Waals surface area contributed by atoms with Gasteiger partial charge in [0.15, 0.2) is 0 Å². The molecule has 0 saturated carbocycles. The van der Waals surface area contributed by atoms with Crippen LogP contribution in [0.5, 0.6) is 0 Å². The van der Waals surface area contributed by atoms with Crippen molar-refractivity contribution in [2.24, 2.45) is 11.1 Å². The van der Waals surface area contributed by atoms with Gasteiger partial charge in [-0.1, -0.05) is 39.8 Å². The summed E-state index contributed by atoms with van der Waals surface area (Å²) in [6, 6.07) is 7.25. The molecule has 118 valence electrons. The van der Waals surface area contributed by atoms with Crippen LogP contribution in [0.25, 0.3) is 0 Å². The SMILES string of the molecule is CC1(CN)CCN(S(=O)(=O)c2ccc(C(C)(C)C)cc2)C1. The third-order valence-corrected chi connectivity index (χ3v) is 6.23. The Morgan fingerprint density at radius 1 is 1.24 bits per heavy atom. The van der Waals surface area contributed by atoms with Crippen molar-refractivity contribution in [2.45, 2.75) is 44.4 Å². The number of hydrogen-bond donors (Lipinski definition) is 1. The van der Waals surface area contributed by atoms with Crippen LogP contribution in [0.2, 0.25) is 0 Å². The smallest absolute Gasteiger partial charge is 0.243 e. The maximum atomic E-state index is 12.7. The molecule has 1 heterocycles. The molecule has 1 aromatic rings. The van der Waals surface area contributed by atoms with Crippen molar-refractivity contribution in [3.63, 3.8) is 0 Å². The summed E-state index contributed by atoms with van der Waals surface area (Å²) in [5.41, 5.74) is 6.82. The predicted molar refractivity (Wildman–Crippen MR) is 85.7 cm³/mol. The van der Waals surface area contributed by atoms with Gasteiger partial charge in [-0.25, -0.2) is 8.42 Å². The molecule has 2 N–H and O–H groups in total. The van der Waals surface area contributed by atoms with Gasteiger partial charge in [0, 0.05) is 13.1 Å². The van der Waals surface area contributed by atoms with E-state index in [1.165, 1.54) is 0 Å². The van der Waals surface area contributed by atoms with Crippen molar-refractivity contribution in [3.05, 3.63) is 29.8 Å². The minimum absolute atomic E-state index is 0.0219. The van der Waals surface area contributed by atoms with Crippen LogP contribution in [-0.2, 0) is 15.4 Å². The van der Waals surface area contributed by atoms with E-state index in [1.54, 1.807) is 16.4 Å². The molecule has 1 fully saturated rings. The molecular weight excluding hydrogens is 284 g/mol. The van der Waals surface area contributed by atoms with Crippen molar-refractivity contribution in [2.75, 3.05) is 19.6 Å². The summed E-state index contributed by atoms with van der Waals surface area (Å²) in [5, 5.41) is 0. The Hall–Kier alpha value is -0.910. The average molecular weight is 310 g/mol. The molecule has 1 unspecified atom stereocenters. The van der Waals surface area contributed by atoms with Gasteiger partial charge >= 0.3 is 0 Å². The Morgan fingerprint density at radius 2 is 1.81 bits per heavy atom. The second-order valence-corrected chi connectivity index (χ2v) is 9.32. The zero-order valence-electron chi connectivity index (χ0n) is 13.4. The van der Waals surface area contributed by atoms with Crippen LogP contribution < -0.4 is 5.73 Å². The van der Waals surface area contributed by atoms with Gasteiger partial charge in [-0.05, 0) is 41.5 Å². The van der Waals surface area contributed by atoms with Crippen LogP contribution in [0, 0.1) is 5.41 Å². The zero-order valence-corrected chi connectivity index (χ0v) is 14.2. The molecular formula is C16H26N2O2S. The van der Waals surface area contributed by atoms with Gasteiger partial charge in [-0.3, -0.25) is 0 Å². The standard InChI is InChI=1S/C16H26N2O2S/c1-15(2,3)13-5-7-14(8-6-13)21(19,20)18-10-9-16(4,11-17)12-18/h5-8H,9-12,17H2,1-4H3. The number of benzene rings is 1. The van der Waals surface area contributed by atoms with Crippen LogP contribution >= 0.6 is 0 Å². The summed E-state index contributed by atoms with van der Waals surface area (Å²) >= 11 is 0. The number of rotatable bonds is 3. The van der Waals surface area contributed by atoms with Crippen molar-refractivity contribution in [1.29, 1.82) is 0 Å². The summed E-state index contributed by atoms with van der Waals surface area (Å²) in [6.45, 7) is 9.97. The Balaban J connectivity index is 2.25. The lowest BCUT2D eigenvalue weighted by molar-refractivity contribution is 0.349. The Labute approximate surface area is 128 Å². The van der Waals surface area contributed by atoms with Crippen LogP contribution in [0.3, 0.4) is 0 Å². The lowest BCUT2D eigenvalue weighted by Crippen LogP contribution is -2.34. The van der Waals surface area contributed by atoms with Crippen LogP contribution in [0.1, 0.15) is 39.7 Å². The minimum Gasteiger partial charge on any atom is -0.330 e. The Morgan fingerprint density at radius 3 is 2.24 bits per heavy atom. The highest BCUT2D eigenvalue weighted by atomic mass is 32.2. The summed E-state index contributed by atoms with van der Waals surface area (Å²) in [5.74, 6) is 0. The Kier molecular flexibility index (Phi) is 4.21. The van der Waals surface area contributed by atoms with E-state index in [2.05, 4.69) is 20.8 Å². The van der Waals surface area contributed by atoms with Gasteiger partial charge in [-0.15, -0.1) is 0 Å². The first-order valence-electron chi connectivity index (χ1n) is 7.39. The zero-order chi connectivity index (χ0) is 15.9. The van der Waals surface area contributed by atoms with Gasteiger partial charge in [0.1, 0.15) is 0 Å². The number of sulfonamides is 1. The summed E-state index contributed by atoms with van der Waals surface area (Å²) in [6.07, 6.45) is 0.822. The monoisotopic (exact) mass is 310 g/mol. The van der Waals surface area contributed by atoms with Gasteiger partial charge in [0.2, 0.25) is 10.0 Å². The predicted octanol–water partition coefficient (Wildman–Crippen LogP) is 2.34. The van der Waals surface area contributed by atoms with Gasteiger partial charge in [-0.2, -0.15) is 4.31 Å².